The van der Waals surface area contributed by atoms with Crippen molar-refractivity contribution < 1.29 is 14.7 Å². The van der Waals surface area contributed by atoms with E-state index in [1.54, 1.807) is 26.8 Å². The molecule has 0 aliphatic heterocycles. The fourth-order valence-corrected chi connectivity index (χ4v) is 3.43. The Morgan fingerprint density at radius 3 is 2.52 bits per heavy atom. The number of aryl methyl sites for hydroxylation is 2. The molecular formula is C18H22N5O4-. The lowest BCUT2D eigenvalue weighted by Crippen LogP contribution is -2.42. The molecule has 0 bridgehead atoms. The van der Waals surface area contributed by atoms with Crippen molar-refractivity contribution in [3.05, 3.63) is 33.4 Å². The molecule has 0 aromatic carbocycles. The maximum atomic E-state index is 12.7. The lowest BCUT2D eigenvalue weighted by atomic mass is 9.79. The van der Waals surface area contributed by atoms with E-state index in [0.29, 0.717) is 35.6 Å². The molecule has 2 heterocycles. The summed E-state index contributed by atoms with van der Waals surface area (Å²) in [5, 5.41) is 18.4. The first-order chi connectivity index (χ1) is 12.8. The molecule has 1 fully saturated rings. The molecule has 2 atom stereocenters. The number of carboxylic acids is 1. The molecule has 0 spiro atoms. The lowest BCUT2D eigenvalue weighted by Gasteiger charge is -2.31. The molecule has 27 heavy (non-hydrogen) atoms. The number of hydrogen-bond acceptors (Lipinski definition) is 6. The molecular weight excluding hydrogens is 350 g/mol. The molecule has 1 aliphatic carbocycles. The van der Waals surface area contributed by atoms with Gasteiger partial charge in [0.2, 0.25) is 11.9 Å². The average molecular weight is 372 g/mol. The number of amides is 1. The van der Waals surface area contributed by atoms with Crippen molar-refractivity contribution in [1.82, 2.24) is 19.7 Å². The Labute approximate surface area is 155 Å². The number of carbonyl (C=O) groups is 2. The normalized spacial score (nSPS) is 19.7. The molecule has 144 valence electrons. The largest absolute Gasteiger partial charge is 0.550 e. The summed E-state index contributed by atoms with van der Waals surface area (Å²) >= 11 is 0. The van der Waals surface area contributed by atoms with Crippen LogP contribution in [0.4, 0.5) is 5.82 Å². The highest BCUT2D eigenvalue weighted by molar-refractivity contribution is 5.94. The van der Waals surface area contributed by atoms with Gasteiger partial charge in [-0.2, -0.15) is 9.78 Å². The van der Waals surface area contributed by atoms with Gasteiger partial charge in [-0.25, -0.2) is 4.98 Å². The van der Waals surface area contributed by atoms with Gasteiger partial charge in [0, 0.05) is 35.1 Å². The monoisotopic (exact) mass is 372 g/mol. The highest BCUT2D eigenvalue weighted by Crippen LogP contribution is 2.31. The van der Waals surface area contributed by atoms with Crippen molar-refractivity contribution in [3.8, 4) is 5.95 Å². The number of aromatic nitrogens is 4. The Kier molecular flexibility index (Phi) is 5.11. The molecule has 9 nitrogen and oxygen atoms in total. The summed E-state index contributed by atoms with van der Waals surface area (Å²) in [6.45, 7) is 5.14. The zero-order valence-electron chi connectivity index (χ0n) is 15.5. The summed E-state index contributed by atoms with van der Waals surface area (Å²) in [5.41, 5.74) is 1.40. The minimum atomic E-state index is -1.19. The average Bonchev–Trinajstić information content (AvgIpc) is 2.99. The minimum absolute atomic E-state index is 0.187. The van der Waals surface area contributed by atoms with Gasteiger partial charge in [-0.3, -0.25) is 14.6 Å². The number of aliphatic carboxylic acids is 1. The van der Waals surface area contributed by atoms with Crippen molar-refractivity contribution in [2.45, 2.75) is 46.5 Å². The van der Waals surface area contributed by atoms with Gasteiger partial charge in [0.1, 0.15) is 5.82 Å². The van der Waals surface area contributed by atoms with E-state index < -0.39 is 23.7 Å². The second-order valence-corrected chi connectivity index (χ2v) is 6.99. The molecule has 0 radical (unpaired) electrons. The number of anilines is 1. The summed E-state index contributed by atoms with van der Waals surface area (Å²) in [6, 6.07) is 1.64. The molecule has 2 aromatic rings. The summed E-state index contributed by atoms with van der Waals surface area (Å²) < 4.78 is 1.35. The van der Waals surface area contributed by atoms with E-state index in [4.69, 9.17) is 0 Å². The quantitative estimate of drug-likeness (QED) is 0.797. The van der Waals surface area contributed by atoms with Crippen LogP contribution < -0.4 is 16.0 Å². The van der Waals surface area contributed by atoms with Crippen LogP contribution in [0, 0.1) is 32.6 Å². The van der Waals surface area contributed by atoms with Crippen LogP contribution in [0.5, 0.6) is 0 Å². The maximum absolute atomic E-state index is 12.7. The maximum Gasteiger partial charge on any atom is 0.255 e. The third kappa shape index (κ3) is 3.76. The Balaban J connectivity index is 1.91. The molecule has 2 N–H and O–H groups in total. The van der Waals surface area contributed by atoms with Crippen LogP contribution in [0.15, 0.2) is 10.9 Å². The standard InChI is InChI=1S/C18H23N5O4/c1-9-8-14(20-16(25)12-6-4-5-7-13(12)17(26)27)23(22-9)18-19-11(3)10(2)15(24)21-18/h8,12-13H,4-7H2,1-3H3,(H,20,25)(H,26,27)(H,19,21,24)/p-1/t12-,13+/m1/s1. The lowest BCUT2D eigenvalue weighted by molar-refractivity contribution is -0.313. The Hall–Kier alpha value is -2.97. The van der Waals surface area contributed by atoms with Crippen LogP contribution >= 0.6 is 0 Å². The van der Waals surface area contributed by atoms with Crippen LogP contribution in [0.3, 0.4) is 0 Å². The number of H-pyrrole nitrogens is 1. The Morgan fingerprint density at radius 2 is 1.89 bits per heavy atom. The molecule has 3 rings (SSSR count). The van der Waals surface area contributed by atoms with Crippen LogP contribution in [-0.2, 0) is 9.59 Å². The molecule has 9 heteroatoms. The van der Waals surface area contributed by atoms with Crippen molar-refractivity contribution in [2.75, 3.05) is 5.32 Å². The fourth-order valence-electron chi connectivity index (χ4n) is 3.43. The van der Waals surface area contributed by atoms with E-state index in [1.165, 1.54) is 4.68 Å². The van der Waals surface area contributed by atoms with Crippen molar-refractivity contribution in [3.63, 3.8) is 0 Å². The third-order valence-corrected chi connectivity index (χ3v) is 5.07. The smallest absolute Gasteiger partial charge is 0.255 e. The first-order valence-corrected chi connectivity index (χ1v) is 8.94. The first-order valence-electron chi connectivity index (χ1n) is 8.94. The molecule has 1 aliphatic rings. The van der Waals surface area contributed by atoms with Gasteiger partial charge in [-0.15, -0.1) is 0 Å². The van der Waals surface area contributed by atoms with Crippen LogP contribution in [0.25, 0.3) is 5.95 Å². The van der Waals surface area contributed by atoms with Crippen molar-refractivity contribution in [2.24, 2.45) is 11.8 Å². The van der Waals surface area contributed by atoms with Gasteiger partial charge >= 0.3 is 0 Å². The summed E-state index contributed by atoms with van der Waals surface area (Å²) in [4.78, 5) is 43.1. The van der Waals surface area contributed by atoms with Crippen LogP contribution in [-0.4, -0.2) is 31.6 Å². The van der Waals surface area contributed by atoms with Crippen molar-refractivity contribution >= 4 is 17.7 Å². The number of carboxylic acid groups (broad SMARTS) is 1. The molecule has 0 saturated heterocycles. The summed E-state index contributed by atoms with van der Waals surface area (Å²) in [6.07, 6.45) is 2.50. The van der Waals surface area contributed by atoms with E-state index in [-0.39, 0.29) is 11.5 Å². The van der Waals surface area contributed by atoms with Gasteiger partial charge in [-0.1, -0.05) is 12.8 Å². The fraction of sp³-hybridized carbons (Fsp3) is 0.500. The SMILES string of the molecule is Cc1cc(NC(=O)[C@@H]2CCCC[C@@H]2C(=O)[O-])n(-c2nc(C)c(C)c(=O)[nH]2)n1. The molecule has 1 amide bonds. The number of nitrogens with zero attached hydrogens (tertiary/aromatic N) is 3. The third-order valence-electron chi connectivity index (χ3n) is 5.07. The van der Waals surface area contributed by atoms with E-state index in [9.17, 15) is 19.5 Å². The minimum Gasteiger partial charge on any atom is -0.550 e. The van der Waals surface area contributed by atoms with Gasteiger partial charge in [-0.05, 0) is 33.6 Å². The van der Waals surface area contributed by atoms with Gasteiger partial charge in [0.25, 0.3) is 5.56 Å². The highest BCUT2D eigenvalue weighted by atomic mass is 16.4. The molecule has 2 aromatic heterocycles. The van der Waals surface area contributed by atoms with E-state index in [2.05, 4.69) is 20.4 Å². The summed E-state index contributed by atoms with van der Waals surface area (Å²) in [5.74, 6) is -2.52. The number of nitrogens with one attached hydrogen (secondary N) is 2. The van der Waals surface area contributed by atoms with Gasteiger partial charge in [0.05, 0.1) is 5.69 Å². The predicted molar refractivity (Wildman–Crippen MR) is 95.3 cm³/mol. The molecule has 1 saturated carbocycles. The van der Waals surface area contributed by atoms with Gasteiger partial charge in [0.15, 0.2) is 0 Å². The number of hydrogen-bond donors (Lipinski definition) is 2. The first kappa shape index (κ1) is 18.8. The van der Waals surface area contributed by atoms with E-state index >= 15 is 0 Å². The number of carbonyl (C=O) groups excluding carboxylic acids is 2. The zero-order valence-corrected chi connectivity index (χ0v) is 15.5. The van der Waals surface area contributed by atoms with E-state index in [1.807, 2.05) is 0 Å². The Morgan fingerprint density at radius 1 is 1.22 bits per heavy atom. The van der Waals surface area contributed by atoms with E-state index in [0.717, 1.165) is 12.8 Å². The topological polar surface area (TPSA) is 133 Å². The van der Waals surface area contributed by atoms with Crippen LogP contribution in [0.1, 0.15) is 42.6 Å². The Bertz CT molecular complexity index is 946. The zero-order chi connectivity index (χ0) is 19.7. The highest BCUT2D eigenvalue weighted by Gasteiger charge is 2.32. The summed E-state index contributed by atoms with van der Waals surface area (Å²) in [7, 11) is 0. The second kappa shape index (κ2) is 7.34. The van der Waals surface area contributed by atoms with Gasteiger partial charge < -0.3 is 15.2 Å². The number of aromatic amines is 1. The predicted octanol–water partition coefficient (Wildman–Crippen LogP) is 0.376. The van der Waals surface area contributed by atoms with Crippen LogP contribution in [0.2, 0.25) is 0 Å². The van der Waals surface area contributed by atoms with Crippen molar-refractivity contribution in [1.29, 1.82) is 0 Å². The number of rotatable bonds is 4. The second-order valence-electron chi connectivity index (χ2n) is 6.99. The molecule has 0 unspecified atom stereocenters.